The van der Waals surface area contributed by atoms with Crippen LogP contribution in [0.3, 0.4) is 0 Å². The summed E-state index contributed by atoms with van der Waals surface area (Å²) >= 11 is 0. The van der Waals surface area contributed by atoms with Gasteiger partial charge in [0.2, 0.25) is 0 Å². The third kappa shape index (κ3) is 4.22. The highest BCUT2D eigenvalue weighted by molar-refractivity contribution is 5.63. The van der Waals surface area contributed by atoms with Crippen molar-refractivity contribution < 1.29 is 27.5 Å². The van der Waals surface area contributed by atoms with Gasteiger partial charge in [-0.05, 0) is 5.56 Å². The molecule has 0 N–H and O–H groups in total. The minimum atomic E-state index is -4.51. The number of benzene rings is 1. The molecule has 0 aliphatic carbocycles. The monoisotopic (exact) mass is 275 g/mol. The molecule has 4 nitrogen and oxygen atoms in total. The average molecular weight is 275 g/mol. The van der Waals surface area contributed by atoms with E-state index in [1.165, 1.54) is 0 Å². The lowest BCUT2D eigenvalue weighted by Gasteiger charge is -2.19. The van der Waals surface area contributed by atoms with Crippen molar-refractivity contribution in [2.75, 3.05) is 13.4 Å². The molecule has 2 atom stereocenters. The second-order valence-electron chi connectivity index (χ2n) is 3.91. The zero-order chi connectivity index (χ0) is 13.7. The smallest absolute Gasteiger partial charge is 0.385 e. The molecule has 7 heteroatoms. The fraction of sp³-hybridized carbons (Fsp3) is 0.417. The van der Waals surface area contributed by atoms with Crippen molar-refractivity contribution in [3.63, 3.8) is 0 Å². The minimum Gasteiger partial charge on any atom is -0.385 e. The number of alkyl halides is 3. The van der Waals surface area contributed by atoms with E-state index in [0.29, 0.717) is 5.56 Å². The van der Waals surface area contributed by atoms with Gasteiger partial charge in [-0.15, -0.1) is 0 Å². The van der Waals surface area contributed by atoms with Crippen LogP contribution in [0.2, 0.25) is 0 Å². The highest BCUT2D eigenvalue weighted by Gasteiger charge is 2.31. The highest BCUT2D eigenvalue weighted by atomic mass is 19.4. The Kier molecular flexibility index (Phi) is 4.39. The van der Waals surface area contributed by atoms with Crippen molar-refractivity contribution >= 4 is 6.21 Å². The first-order valence-corrected chi connectivity index (χ1v) is 5.57. The molecule has 19 heavy (non-hydrogen) atoms. The number of oxime groups is 1. The second-order valence-corrected chi connectivity index (χ2v) is 3.91. The number of hydrogen-bond acceptors (Lipinski definition) is 4. The zero-order valence-corrected chi connectivity index (χ0v) is 9.84. The summed E-state index contributed by atoms with van der Waals surface area (Å²) in [5.74, 6) is 0. The molecule has 1 saturated heterocycles. The molecule has 1 heterocycles. The van der Waals surface area contributed by atoms with Crippen LogP contribution in [-0.4, -0.2) is 31.9 Å². The molecule has 1 aliphatic rings. The largest absolute Gasteiger partial charge is 0.429 e. The van der Waals surface area contributed by atoms with Gasteiger partial charge in [-0.1, -0.05) is 35.5 Å². The van der Waals surface area contributed by atoms with Crippen molar-refractivity contribution in [2.45, 2.75) is 18.4 Å². The van der Waals surface area contributed by atoms with Gasteiger partial charge in [0.15, 0.2) is 6.10 Å². The third-order valence-corrected chi connectivity index (χ3v) is 2.49. The Balaban J connectivity index is 2.09. The molecule has 0 saturated carbocycles. The van der Waals surface area contributed by atoms with Gasteiger partial charge in [0.25, 0.3) is 0 Å². The number of hydrogen-bond donors (Lipinski definition) is 0. The molecule has 2 rings (SSSR count). The van der Waals surface area contributed by atoms with Gasteiger partial charge >= 0.3 is 6.18 Å². The minimum absolute atomic E-state index is 0.0976. The molecule has 0 aromatic heterocycles. The predicted molar refractivity (Wildman–Crippen MR) is 60.5 cm³/mol. The van der Waals surface area contributed by atoms with E-state index >= 15 is 0 Å². The molecule has 0 bridgehead atoms. The van der Waals surface area contributed by atoms with Gasteiger partial charge in [0, 0.05) is 0 Å². The lowest BCUT2D eigenvalue weighted by Crippen LogP contribution is -2.22. The summed E-state index contributed by atoms with van der Waals surface area (Å²) in [5, 5.41) is 2.98. The molecule has 104 valence electrons. The van der Waals surface area contributed by atoms with E-state index in [9.17, 15) is 13.2 Å². The summed E-state index contributed by atoms with van der Waals surface area (Å²) < 4.78 is 46.3. The van der Waals surface area contributed by atoms with Gasteiger partial charge in [-0.2, -0.15) is 13.2 Å². The van der Waals surface area contributed by atoms with Crippen molar-refractivity contribution in [1.29, 1.82) is 0 Å². The summed E-state index contributed by atoms with van der Waals surface area (Å²) in [6.45, 7) is 0.349. The van der Waals surface area contributed by atoms with Crippen LogP contribution in [0.5, 0.6) is 0 Å². The quantitative estimate of drug-likeness (QED) is 0.626. The number of ether oxygens (including phenoxy) is 2. The van der Waals surface area contributed by atoms with Crippen LogP contribution in [0.4, 0.5) is 13.2 Å². The number of nitrogens with zero attached hydrogens (tertiary/aromatic N) is 1. The maximum atomic E-state index is 12.0. The molecule has 0 radical (unpaired) electrons. The van der Waals surface area contributed by atoms with Crippen LogP contribution in [-0.2, 0) is 14.3 Å². The summed E-state index contributed by atoms with van der Waals surface area (Å²) in [7, 11) is 0. The van der Waals surface area contributed by atoms with Crippen molar-refractivity contribution in [2.24, 2.45) is 5.16 Å². The lowest BCUT2D eigenvalue weighted by atomic mass is 10.1. The van der Waals surface area contributed by atoms with Crippen LogP contribution in [0.25, 0.3) is 0 Å². The maximum Gasteiger partial charge on any atom is 0.429 e. The van der Waals surface area contributed by atoms with Crippen molar-refractivity contribution in [3.8, 4) is 0 Å². The van der Waals surface area contributed by atoms with E-state index < -0.39 is 18.4 Å². The van der Waals surface area contributed by atoms with Crippen LogP contribution < -0.4 is 0 Å². The van der Waals surface area contributed by atoms with Crippen molar-refractivity contribution in [3.05, 3.63) is 35.9 Å². The van der Waals surface area contributed by atoms with Gasteiger partial charge in [-0.3, -0.25) is 0 Å². The Morgan fingerprint density at radius 1 is 1.32 bits per heavy atom. The van der Waals surface area contributed by atoms with Crippen LogP contribution in [0.1, 0.15) is 11.7 Å². The molecular weight excluding hydrogens is 263 g/mol. The van der Waals surface area contributed by atoms with Gasteiger partial charge < -0.3 is 14.3 Å². The fourth-order valence-corrected chi connectivity index (χ4v) is 1.66. The first kappa shape index (κ1) is 13.8. The number of rotatable bonds is 4. The van der Waals surface area contributed by atoms with Crippen LogP contribution >= 0.6 is 0 Å². The normalized spacial score (nSPS) is 21.7. The van der Waals surface area contributed by atoms with E-state index in [1.807, 2.05) is 0 Å². The Bertz CT molecular complexity index is 416. The second kappa shape index (κ2) is 6.03. The van der Waals surface area contributed by atoms with E-state index in [-0.39, 0.29) is 19.6 Å². The Morgan fingerprint density at radius 3 is 2.63 bits per heavy atom. The molecule has 1 aromatic rings. The fourth-order valence-electron chi connectivity index (χ4n) is 1.66. The van der Waals surface area contributed by atoms with Crippen LogP contribution in [0.15, 0.2) is 35.5 Å². The van der Waals surface area contributed by atoms with Crippen molar-refractivity contribution in [1.82, 2.24) is 0 Å². The van der Waals surface area contributed by atoms with Gasteiger partial charge in [0.1, 0.15) is 19.1 Å². The average Bonchev–Trinajstić information content (AvgIpc) is 2.88. The van der Waals surface area contributed by atoms with Gasteiger partial charge in [-0.25, -0.2) is 0 Å². The summed E-state index contributed by atoms with van der Waals surface area (Å²) in [6.07, 6.45) is -5.91. The summed E-state index contributed by atoms with van der Waals surface area (Å²) in [4.78, 5) is 4.93. The number of halogens is 3. The molecule has 1 aliphatic heterocycles. The first-order valence-electron chi connectivity index (χ1n) is 5.57. The maximum absolute atomic E-state index is 12.0. The molecule has 2 unspecified atom stereocenters. The first-order chi connectivity index (χ1) is 9.06. The van der Waals surface area contributed by atoms with E-state index in [1.54, 1.807) is 30.3 Å². The molecule has 1 fully saturated rings. The summed E-state index contributed by atoms with van der Waals surface area (Å²) in [5.41, 5.74) is 0.678. The standard InChI is InChI=1S/C12H12F3NO3/c13-12(14,15)7-16-19-11(10-6-17-8-18-10)9-4-2-1-3-5-9/h1-5,7,10-11H,6,8H2. The SMILES string of the molecule is FC(F)(F)C=NOC(c1ccccc1)C1COCO1. The topological polar surface area (TPSA) is 40.0 Å². The zero-order valence-electron chi connectivity index (χ0n) is 9.84. The lowest BCUT2D eigenvalue weighted by molar-refractivity contribution is -0.0694. The van der Waals surface area contributed by atoms with E-state index in [4.69, 9.17) is 14.3 Å². The molecular formula is C12H12F3NO3. The molecule has 0 amide bonds. The van der Waals surface area contributed by atoms with E-state index in [0.717, 1.165) is 0 Å². The summed E-state index contributed by atoms with van der Waals surface area (Å²) in [6, 6.07) is 8.78. The predicted octanol–water partition coefficient (Wildman–Crippen LogP) is 2.67. The van der Waals surface area contributed by atoms with E-state index in [2.05, 4.69) is 5.16 Å². The Labute approximate surface area is 107 Å². The van der Waals surface area contributed by atoms with Crippen LogP contribution in [0, 0.1) is 0 Å². The molecule has 0 spiro atoms. The third-order valence-electron chi connectivity index (χ3n) is 2.49. The Morgan fingerprint density at radius 2 is 2.05 bits per heavy atom. The molecule has 1 aromatic carbocycles. The Hall–Kier alpha value is -1.60. The highest BCUT2D eigenvalue weighted by Crippen LogP contribution is 2.27. The van der Waals surface area contributed by atoms with Gasteiger partial charge in [0.05, 0.1) is 6.61 Å².